The Morgan fingerprint density at radius 3 is 2.12 bits per heavy atom. The fourth-order valence-electron chi connectivity index (χ4n) is 4.32. The van der Waals surface area contributed by atoms with Crippen molar-refractivity contribution in [3.05, 3.63) is 94.0 Å². The van der Waals surface area contributed by atoms with Crippen LogP contribution in [-0.4, -0.2) is 43.3 Å². The predicted molar refractivity (Wildman–Crippen MR) is 161 cm³/mol. The molecule has 3 aromatic carbocycles. The van der Waals surface area contributed by atoms with Crippen LogP contribution in [0.15, 0.2) is 71.6 Å². The van der Waals surface area contributed by atoms with E-state index in [1.165, 1.54) is 24.0 Å². The summed E-state index contributed by atoms with van der Waals surface area (Å²) < 4.78 is 69.8. The van der Waals surface area contributed by atoms with Crippen LogP contribution >= 0.6 is 11.6 Å². The highest BCUT2D eigenvalue weighted by molar-refractivity contribution is 7.92. The Morgan fingerprint density at radius 1 is 0.930 bits per heavy atom. The van der Waals surface area contributed by atoms with Gasteiger partial charge in [-0.25, -0.2) is 8.42 Å². The third-order valence-corrected chi connectivity index (χ3v) is 8.65. The molecule has 0 heterocycles. The Balaban J connectivity index is 2.13. The van der Waals surface area contributed by atoms with Crippen LogP contribution in [0.5, 0.6) is 0 Å². The van der Waals surface area contributed by atoms with Gasteiger partial charge >= 0.3 is 6.18 Å². The first-order valence-corrected chi connectivity index (χ1v) is 15.2. The number of alkyl halides is 3. The number of carbonyl (C=O) groups excluding carboxylic acids is 2. The number of hydrogen-bond acceptors (Lipinski definition) is 4. The van der Waals surface area contributed by atoms with Crippen LogP contribution in [0.3, 0.4) is 0 Å². The van der Waals surface area contributed by atoms with Crippen molar-refractivity contribution in [2.24, 2.45) is 0 Å². The quantitative estimate of drug-likeness (QED) is 0.290. The first-order chi connectivity index (χ1) is 19.8. The zero-order chi connectivity index (χ0) is 32.3. The molecule has 0 aromatic heterocycles. The molecule has 7 nitrogen and oxygen atoms in total. The number of anilines is 1. The lowest BCUT2D eigenvalue weighted by Gasteiger charge is -2.33. The van der Waals surface area contributed by atoms with Gasteiger partial charge in [-0.2, -0.15) is 13.2 Å². The maximum atomic E-state index is 14.0. The zero-order valence-electron chi connectivity index (χ0n) is 24.8. The standard InChI is InChI=1S/C31H35ClF3N3O4S/c1-20-10-13-25(14-11-20)43(41,42)38(24-12-15-27(32)26(17-24)31(33,34)35)19-28(39)37(18-23-9-7-8-21(2)16-23)22(3)29(40)36-30(4,5)6/h7-17,22H,18-19H2,1-6H3,(H,36,40). The van der Waals surface area contributed by atoms with E-state index in [2.05, 4.69) is 5.32 Å². The number of benzene rings is 3. The number of nitrogens with zero attached hydrogens (tertiary/aromatic N) is 2. The topological polar surface area (TPSA) is 86.8 Å². The molecule has 3 rings (SSSR count). The van der Waals surface area contributed by atoms with E-state index in [0.29, 0.717) is 15.9 Å². The van der Waals surface area contributed by atoms with Crippen LogP contribution in [0.2, 0.25) is 5.02 Å². The summed E-state index contributed by atoms with van der Waals surface area (Å²) in [7, 11) is -4.55. The van der Waals surface area contributed by atoms with Crippen LogP contribution in [0.1, 0.15) is 49.9 Å². The average molecular weight is 638 g/mol. The molecule has 0 radical (unpaired) electrons. The molecular weight excluding hydrogens is 603 g/mol. The summed E-state index contributed by atoms with van der Waals surface area (Å²) >= 11 is 5.81. The lowest BCUT2D eigenvalue weighted by Crippen LogP contribution is -2.54. The Morgan fingerprint density at radius 2 is 1.56 bits per heavy atom. The molecule has 1 N–H and O–H groups in total. The molecule has 2 amide bonds. The zero-order valence-corrected chi connectivity index (χ0v) is 26.4. The van der Waals surface area contributed by atoms with E-state index >= 15 is 0 Å². The van der Waals surface area contributed by atoms with E-state index in [-0.39, 0.29) is 11.4 Å². The van der Waals surface area contributed by atoms with Gasteiger partial charge in [-0.15, -0.1) is 0 Å². The second-order valence-electron chi connectivity index (χ2n) is 11.4. The van der Waals surface area contributed by atoms with E-state index in [4.69, 9.17) is 11.6 Å². The summed E-state index contributed by atoms with van der Waals surface area (Å²) in [5.41, 5.74) is 0.0615. The van der Waals surface area contributed by atoms with Crippen molar-refractivity contribution in [1.82, 2.24) is 10.2 Å². The van der Waals surface area contributed by atoms with Gasteiger partial charge in [-0.05, 0) is 77.4 Å². The van der Waals surface area contributed by atoms with Crippen LogP contribution < -0.4 is 9.62 Å². The SMILES string of the molecule is Cc1ccc(S(=O)(=O)N(CC(=O)N(Cc2cccc(C)c2)C(C)C(=O)NC(C)(C)C)c2ccc(Cl)c(C(F)(F)F)c2)cc1. The van der Waals surface area contributed by atoms with Gasteiger partial charge in [0.05, 0.1) is 21.2 Å². The van der Waals surface area contributed by atoms with Gasteiger partial charge in [-0.3, -0.25) is 13.9 Å². The highest BCUT2D eigenvalue weighted by Crippen LogP contribution is 2.38. The Bertz CT molecular complexity index is 1590. The Labute approximate surface area is 255 Å². The number of sulfonamides is 1. The lowest BCUT2D eigenvalue weighted by molar-refractivity contribution is -0.140. The molecule has 232 valence electrons. The van der Waals surface area contributed by atoms with E-state index in [1.54, 1.807) is 52.0 Å². The molecule has 0 saturated carbocycles. The molecule has 0 bridgehead atoms. The van der Waals surface area contributed by atoms with Crippen LogP contribution in [0, 0.1) is 13.8 Å². The summed E-state index contributed by atoms with van der Waals surface area (Å²) in [4.78, 5) is 28.2. The number of nitrogens with one attached hydrogen (secondary N) is 1. The van der Waals surface area contributed by atoms with Crippen molar-refractivity contribution in [2.75, 3.05) is 10.8 Å². The van der Waals surface area contributed by atoms with Crippen molar-refractivity contribution in [3.8, 4) is 0 Å². The van der Waals surface area contributed by atoms with Crippen LogP contribution in [0.4, 0.5) is 18.9 Å². The van der Waals surface area contributed by atoms with Crippen molar-refractivity contribution in [3.63, 3.8) is 0 Å². The number of carbonyl (C=O) groups is 2. The molecule has 0 aliphatic heterocycles. The van der Waals surface area contributed by atoms with Gasteiger partial charge in [-0.1, -0.05) is 59.1 Å². The molecule has 3 aromatic rings. The Kier molecular flexibility index (Phi) is 10.2. The Hall–Kier alpha value is -3.57. The van der Waals surface area contributed by atoms with Crippen molar-refractivity contribution in [2.45, 2.75) is 70.7 Å². The van der Waals surface area contributed by atoms with Crippen LogP contribution in [-0.2, 0) is 32.3 Å². The average Bonchev–Trinajstić information content (AvgIpc) is 2.89. The minimum absolute atomic E-state index is 0.0495. The highest BCUT2D eigenvalue weighted by Gasteiger charge is 2.37. The molecule has 0 aliphatic carbocycles. The predicted octanol–water partition coefficient (Wildman–Crippen LogP) is 6.50. The summed E-state index contributed by atoms with van der Waals surface area (Å²) in [6.07, 6.45) is -4.88. The minimum Gasteiger partial charge on any atom is -0.350 e. The molecule has 1 atom stereocenters. The van der Waals surface area contributed by atoms with Crippen molar-refractivity contribution in [1.29, 1.82) is 0 Å². The van der Waals surface area contributed by atoms with Gasteiger partial charge in [0.2, 0.25) is 11.8 Å². The smallest absolute Gasteiger partial charge is 0.350 e. The number of aryl methyl sites for hydroxylation is 2. The van der Waals surface area contributed by atoms with E-state index in [9.17, 15) is 31.2 Å². The van der Waals surface area contributed by atoms with Gasteiger partial charge < -0.3 is 10.2 Å². The van der Waals surface area contributed by atoms with E-state index < -0.39 is 62.4 Å². The van der Waals surface area contributed by atoms with Gasteiger partial charge in [0.25, 0.3) is 10.0 Å². The number of amides is 2. The largest absolute Gasteiger partial charge is 0.417 e. The normalized spacial score (nSPS) is 12.9. The fraction of sp³-hybridized carbons (Fsp3) is 0.355. The summed E-state index contributed by atoms with van der Waals surface area (Å²) in [6.45, 7) is 9.52. The van der Waals surface area contributed by atoms with Crippen molar-refractivity contribution >= 4 is 39.1 Å². The monoisotopic (exact) mass is 637 g/mol. The summed E-state index contributed by atoms with van der Waals surface area (Å²) in [6, 6.07) is 14.5. The second-order valence-corrected chi connectivity index (χ2v) is 13.7. The third-order valence-electron chi connectivity index (χ3n) is 6.53. The van der Waals surface area contributed by atoms with Crippen LogP contribution in [0.25, 0.3) is 0 Å². The number of rotatable bonds is 9. The molecule has 12 heteroatoms. The maximum absolute atomic E-state index is 14.0. The summed E-state index contributed by atoms with van der Waals surface area (Å²) in [5, 5.41) is 2.20. The molecule has 0 spiro atoms. The molecule has 43 heavy (non-hydrogen) atoms. The molecule has 0 fully saturated rings. The number of halogens is 4. The van der Waals surface area contributed by atoms with Crippen molar-refractivity contribution < 1.29 is 31.2 Å². The van der Waals surface area contributed by atoms with E-state index in [0.717, 1.165) is 23.3 Å². The molecular formula is C31H35ClF3N3O4S. The third kappa shape index (κ3) is 8.73. The van der Waals surface area contributed by atoms with Gasteiger partial charge in [0, 0.05) is 12.1 Å². The number of hydrogen-bond donors (Lipinski definition) is 1. The first kappa shape index (κ1) is 33.9. The first-order valence-electron chi connectivity index (χ1n) is 13.4. The highest BCUT2D eigenvalue weighted by atomic mass is 35.5. The van der Waals surface area contributed by atoms with E-state index in [1.807, 2.05) is 19.1 Å². The van der Waals surface area contributed by atoms with Gasteiger partial charge in [0.1, 0.15) is 12.6 Å². The molecule has 1 unspecified atom stereocenters. The van der Waals surface area contributed by atoms with Gasteiger partial charge in [0.15, 0.2) is 0 Å². The second kappa shape index (κ2) is 13.0. The molecule has 0 aliphatic rings. The molecule has 0 saturated heterocycles. The fourth-order valence-corrected chi connectivity index (χ4v) is 5.95. The lowest BCUT2D eigenvalue weighted by atomic mass is 10.1. The maximum Gasteiger partial charge on any atom is 0.417 e. The minimum atomic E-state index is -4.88. The summed E-state index contributed by atoms with van der Waals surface area (Å²) in [5.74, 6) is -1.27.